The molecule has 1 saturated heterocycles. The second-order valence-corrected chi connectivity index (χ2v) is 7.12. The Hall–Kier alpha value is -1.79. The Morgan fingerprint density at radius 2 is 1.92 bits per heavy atom. The van der Waals surface area contributed by atoms with Gasteiger partial charge in [0.15, 0.2) is 0 Å². The minimum Gasteiger partial charge on any atom is -0.317 e. The number of nitrogens with one attached hydrogen (secondary N) is 1. The first-order valence-electron chi connectivity index (χ1n) is 7.92. The van der Waals surface area contributed by atoms with Gasteiger partial charge in [-0.3, -0.25) is 0 Å². The molecule has 1 aliphatic heterocycles. The van der Waals surface area contributed by atoms with Gasteiger partial charge in [-0.25, -0.2) is 4.79 Å². The highest BCUT2D eigenvalue weighted by atomic mass is 35.5. The maximum Gasteiger partial charge on any atom is 0.322 e. The Morgan fingerprint density at radius 3 is 2.68 bits per heavy atom. The van der Waals surface area contributed by atoms with Crippen LogP contribution >= 0.6 is 23.4 Å². The predicted molar refractivity (Wildman–Crippen MR) is 97.5 cm³/mol. The van der Waals surface area contributed by atoms with Crippen LogP contribution in [0.2, 0.25) is 5.02 Å². The molecule has 1 aliphatic rings. The smallest absolute Gasteiger partial charge is 0.317 e. The predicted octanol–water partition coefficient (Wildman–Crippen LogP) is 6.02. The van der Waals surface area contributed by atoms with E-state index >= 15 is 0 Å². The summed E-state index contributed by atoms with van der Waals surface area (Å²) in [5.41, 5.74) is 1.30. The SMILES string of the molecule is O=C(Nc1ccccc1SC(F)F)N1CCC[C@H]1c1ccccc1Cl. The van der Waals surface area contributed by atoms with Crippen LogP contribution in [0.25, 0.3) is 0 Å². The number of rotatable bonds is 4. The van der Waals surface area contributed by atoms with Crippen LogP contribution in [0.4, 0.5) is 19.3 Å². The number of amides is 2. The number of urea groups is 1. The van der Waals surface area contributed by atoms with Gasteiger partial charge in [0.2, 0.25) is 0 Å². The largest absolute Gasteiger partial charge is 0.322 e. The second kappa shape index (κ2) is 8.06. The van der Waals surface area contributed by atoms with E-state index in [9.17, 15) is 13.6 Å². The fourth-order valence-corrected chi connectivity index (χ4v) is 3.89. The third-order valence-electron chi connectivity index (χ3n) is 4.12. The molecule has 2 aromatic carbocycles. The summed E-state index contributed by atoms with van der Waals surface area (Å²) in [7, 11) is 0. The van der Waals surface area contributed by atoms with E-state index in [1.54, 1.807) is 35.2 Å². The quantitative estimate of drug-likeness (QED) is 0.655. The molecule has 2 aromatic rings. The normalized spacial score (nSPS) is 17.1. The number of benzene rings is 2. The van der Waals surface area contributed by atoms with Crippen LogP contribution in [-0.2, 0) is 0 Å². The number of hydrogen-bond donors (Lipinski definition) is 1. The van der Waals surface area contributed by atoms with Gasteiger partial charge in [-0.05, 0) is 36.6 Å². The molecule has 1 heterocycles. The van der Waals surface area contributed by atoms with Crippen molar-refractivity contribution in [2.24, 2.45) is 0 Å². The molecule has 0 unspecified atom stereocenters. The Bertz CT molecular complexity index is 759. The van der Waals surface area contributed by atoms with Gasteiger partial charge in [0.1, 0.15) is 0 Å². The van der Waals surface area contributed by atoms with Crippen molar-refractivity contribution in [1.82, 2.24) is 4.90 Å². The van der Waals surface area contributed by atoms with Crippen molar-refractivity contribution in [3.05, 3.63) is 59.1 Å². The summed E-state index contributed by atoms with van der Waals surface area (Å²) in [5, 5.41) is 3.39. The highest BCUT2D eigenvalue weighted by Crippen LogP contribution is 2.37. The number of thioether (sulfide) groups is 1. The van der Waals surface area contributed by atoms with Gasteiger partial charge in [-0.1, -0.05) is 53.7 Å². The number of carbonyl (C=O) groups excluding carboxylic acids is 1. The summed E-state index contributed by atoms with van der Waals surface area (Å²) in [6.45, 7) is 0.603. The lowest BCUT2D eigenvalue weighted by Crippen LogP contribution is -2.34. The maximum atomic E-state index is 12.7. The Labute approximate surface area is 154 Å². The number of nitrogens with zero attached hydrogens (tertiary/aromatic N) is 1. The van der Waals surface area contributed by atoms with Gasteiger partial charge < -0.3 is 10.2 Å². The number of hydrogen-bond acceptors (Lipinski definition) is 2. The molecule has 25 heavy (non-hydrogen) atoms. The molecule has 1 atom stereocenters. The average molecular weight is 383 g/mol. The van der Waals surface area contributed by atoms with E-state index in [2.05, 4.69) is 5.32 Å². The summed E-state index contributed by atoms with van der Waals surface area (Å²) in [6, 6.07) is 13.6. The molecule has 2 amide bonds. The number of carbonyl (C=O) groups is 1. The molecule has 3 rings (SSSR count). The van der Waals surface area contributed by atoms with Crippen molar-refractivity contribution < 1.29 is 13.6 Å². The zero-order chi connectivity index (χ0) is 17.8. The minimum absolute atomic E-state index is 0.108. The third-order valence-corrected chi connectivity index (χ3v) is 5.25. The standard InChI is InChI=1S/C18H17ClF2N2OS/c19-13-7-2-1-6-12(13)15-9-5-11-23(15)18(24)22-14-8-3-4-10-16(14)25-17(20)21/h1-4,6-8,10,15,17H,5,9,11H2,(H,22,24)/t15-/m0/s1. The van der Waals surface area contributed by atoms with Gasteiger partial charge in [0.05, 0.1) is 11.7 Å². The van der Waals surface area contributed by atoms with Crippen molar-refractivity contribution in [3.63, 3.8) is 0 Å². The van der Waals surface area contributed by atoms with Crippen molar-refractivity contribution in [3.8, 4) is 0 Å². The molecule has 0 aromatic heterocycles. The highest BCUT2D eigenvalue weighted by molar-refractivity contribution is 7.99. The van der Waals surface area contributed by atoms with Gasteiger partial charge in [-0.2, -0.15) is 8.78 Å². The zero-order valence-electron chi connectivity index (χ0n) is 13.3. The van der Waals surface area contributed by atoms with Gasteiger partial charge in [0.25, 0.3) is 5.76 Å². The molecular weight excluding hydrogens is 366 g/mol. The topological polar surface area (TPSA) is 32.3 Å². The fourth-order valence-electron chi connectivity index (χ4n) is 3.03. The lowest BCUT2D eigenvalue weighted by molar-refractivity contribution is 0.207. The number of halogens is 3. The van der Waals surface area contributed by atoms with E-state index in [0.717, 1.165) is 18.4 Å². The van der Waals surface area contributed by atoms with Crippen LogP contribution in [-0.4, -0.2) is 23.2 Å². The van der Waals surface area contributed by atoms with E-state index in [1.165, 1.54) is 0 Å². The zero-order valence-corrected chi connectivity index (χ0v) is 14.9. The molecule has 0 spiro atoms. The monoisotopic (exact) mass is 382 g/mol. The molecular formula is C18H17ClF2N2OS. The Balaban J connectivity index is 1.78. The Morgan fingerprint density at radius 1 is 1.20 bits per heavy atom. The second-order valence-electron chi connectivity index (χ2n) is 5.68. The van der Waals surface area contributed by atoms with Crippen LogP contribution in [0.15, 0.2) is 53.4 Å². The highest BCUT2D eigenvalue weighted by Gasteiger charge is 2.31. The number of para-hydroxylation sites is 1. The maximum absolute atomic E-state index is 12.7. The van der Waals surface area contributed by atoms with Crippen LogP contribution in [0.3, 0.4) is 0 Å². The van der Waals surface area contributed by atoms with Crippen LogP contribution in [0, 0.1) is 0 Å². The first kappa shape index (κ1) is 18.0. The van der Waals surface area contributed by atoms with Crippen molar-refractivity contribution in [2.75, 3.05) is 11.9 Å². The van der Waals surface area contributed by atoms with E-state index in [1.807, 2.05) is 18.2 Å². The summed E-state index contributed by atoms with van der Waals surface area (Å²) in [4.78, 5) is 14.8. The van der Waals surface area contributed by atoms with Crippen LogP contribution in [0.5, 0.6) is 0 Å². The van der Waals surface area contributed by atoms with E-state index in [-0.39, 0.29) is 12.1 Å². The van der Waals surface area contributed by atoms with E-state index < -0.39 is 5.76 Å². The number of likely N-dealkylation sites (tertiary alicyclic amines) is 1. The van der Waals surface area contributed by atoms with Gasteiger partial charge >= 0.3 is 6.03 Å². The molecule has 3 nitrogen and oxygen atoms in total. The summed E-state index contributed by atoms with van der Waals surface area (Å²) in [5.74, 6) is -2.54. The minimum atomic E-state index is -2.54. The van der Waals surface area contributed by atoms with Crippen molar-refractivity contribution >= 4 is 35.1 Å². The van der Waals surface area contributed by atoms with Crippen LogP contribution in [0.1, 0.15) is 24.4 Å². The molecule has 0 aliphatic carbocycles. The summed E-state index contributed by atoms with van der Waals surface area (Å²) in [6.07, 6.45) is 1.70. The summed E-state index contributed by atoms with van der Waals surface area (Å²) < 4.78 is 25.4. The summed E-state index contributed by atoms with van der Waals surface area (Å²) >= 11 is 6.69. The van der Waals surface area contributed by atoms with Crippen LogP contribution < -0.4 is 5.32 Å². The van der Waals surface area contributed by atoms with Crippen molar-refractivity contribution in [2.45, 2.75) is 29.5 Å². The number of alkyl halides is 2. The fraction of sp³-hybridized carbons (Fsp3) is 0.278. The van der Waals surface area contributed by atoms with Gasteiger partial charge in [-0.15, -0.1) is 0 Å². The molecule has 7 heteroatoms. The van der Waals surface area contributed by atoms with Crippen molar-refractivity contribution in [1.29, 1.82) is 0 Å². The molecule has 132 valence electrons. The molecule has 1 fully saturated rings. The first-order valence-corrected chi connectivity index (χ1v) is 9.18. The average Bonchev–Trinajstić information content (AvgIpc) is 3.06. The van der Waals surface area contributed by atoms with E-state index in [0.29, 0.717) is 33.9 Å². The lowest BCUT2D eigenvalue weighted by Gasteiger charge is -2.26. The molecule has 0 saturated carbocycles. The van der Waals surface area contributed by atoms with E-state index in [4.69, 9.17) is 11.6 Å². The lowest BCUT2D eigenvalue weighted by atomic mass is 10.0. The number of anilines is 1. The molecule has 1 N–H and O–H groups in total. The molecule has 0 bridgehead atoms. The van der Waals surface area contributed by atoms with Gasteiger partial charge in [0, 0.05) is 16.5 Å². The first-order chi connectivity index (χ1) is 12.1. The third kappa shape index (κ3) is 4.25. The molecule has 0 radical (unpaired) electrons. The Kier molecular flexibility index (Phi) is 5.81.